The summed E-state index contributed by atoms with van der Waals surface area (Å²) < 4.78 is 30.1. The Bertz CT molecular complexity index is 835. The van der Waals surface area contributed by atoms with Crippen LogP contribution >= 0.6 is 0 Å². The van der Waals surface area contributed by atoms with Gasteiger partial charge in [-0.1, -0.05) is 12.1 Å². The quantitative estimate of drug-likeness (QED) is 0.322. The zero-order valence-corrected chi connectivity index (χ0v) is 19.0. The molecule has 0 radical (unpaired) electrons. The Morgan fingerprint density at radius 2 is 1.71 bits per heavy atom. The van der Waals surface area contributed by atoms with Crippen molar-refractivity contribution in [2.45, 2.75) is 19.9 Å². The maximum Gasteiger partial charge on any atom is 0.203 e. The summed E-state index contributed by atoms with van der Waals surface area (Å²) >= 11 is 0. The van der Waals surface area contributed by atoms with Gasteiger partial charge in [0.25, 0.3) is 0 Å². The van der Waals surface area contributed by atoms with Gasteiger partial charge in [-0.25, -0.2) is 9.38 Å². The van der Waals surface area contributed by atoms with Crippen LogP contribution in [0, 0.1) is 5.82 Å². The summed E-state index contributed by atoms with van der Waals surface area (Å²) in [6.45, 7) is 4.64. The number of guanidine groups is 1. The number of rotatable bonds is 11. The van der Waals surface area contributed by atoms with Gasteiger partial charge in [0.2, 0.25) is 5.75 Å². The molecule has 0 spiro atoms. The number of nitrogens with one attached hydrogen (secondary N) is 2. The molecule has 0 amide bonds. The molecule has 0 aliphatic carbocycles. The number of aliphatic imine (C=N–C) groups is 1. The van der Waals surface area contributed by atoms with Crippen LogP contribution in [0.4, 0.5) is 10.1 Å². The molecule has 0 saturated heterocycles. The van der Waals surface area contributed by atoms with E-state index in [4.69, 9.17) is 14.2 Å². The number of ether oxygens (including phenoxy) is 3. The van der Waals surface area contributed by atoms with Crippen LogP contribution < -0.4 is 29.7 Å². The third-order valence-corrected chi connectivity index (χ3v) is 4.71. The van der Waals surface area contributed by atoms with E-state index in [0.29, 0.717) is 42.0 Å². The molecular formula is C23H33FN4O3. The summed E-state index contributed by atoms with van der Waals surface area (Å²) in [5, 5.41) is 6.56. The summed E-state index contributed by atoms with van der Waals surface area (Å²) in [5.41, 5.74) is 1.54. The number of hydrogen-bond donors (Lipinski definition) is 2. The predicted octanol–water partition coefficient (Wildman–Crippen LogP) is 3.43. The van der Waals surface area contributed by atoms with Gasteiger partial charge in [0.1, 0.15) is 5.82 Å². The van der Waals surface area contributed by atoms with E-state index in [9.17, 15) is 4.39 Å². The first-order valence-corrected chi connectivity index (χ1v) is 10.3. The van der Waals surface area contributed by atoms with Crippen molar-refractivity contribution in [3.8, 4) is 17.2 Å². The van der Waals surface area contributed by atoms with Crippen molar-refractivity contribution in [1.29, 1.82) is 0 Å². The topological polar surface area (TPSA) is 67.4 Å². The standard InChI is InChI=1S/C23H33FN4O3/c1-6-25-23(26-12-9-13-28(2)19-11-8-7-10-18(19)24)27-16-17-14-20(29-3)22(31-5)21(15-17)30-4/h7-8,10-11,14-15H,6,9,12-13,16H2,1-5H3,(H2,25,26,27). The largest absolute Gasteiger partial charge is 0.493 e. The molecule has 7 nitrogen and oxygen atoms in total. The molecule has 0 aliphatic heterocycles. The number of anilines is 1. The highest BCUT2D eigenvalue weighted by Gasteiger charge is 2.13. The van der Waals surface area contributed by atoms with Crippen molar-refractivity contribution in [3.05, 3.63) is 47.8 Å². The van der Waals surface area contributed by atoms with E-state index in [1.165, 1.54) is 6.07 Å². The SMILES string of the molecule is CCNC(=NCc1cc(OC)c(OC)c(OC)c1)NCCCN(C)c1ccccc1F. The first kappa shape index (κ1) is 24.1. The third kappa shape index (κ3) is 6.94. The van der Waals surface area contributed by atoms with Gasteiger partial charge >= 0.3 is 0 Å². The van der Waals surface area contributed by atoms with Crippen molar-refractivity contribution < 1.29 is 18.6 Å². The first-order chi connectivity index (χ1) is 15.0. The van der Waals surface area contributed by atoms with Crippen LogP contribution in [0.5, 0.6) is 17.2 Å². The lowest BCUT2D eigenvalue weighted by atomic mass is 10.2. The average Bonchev–Trinajstić information content (AvgIpc) is 2.79. The number of nitrogens with zero attached hydrogens (tertiary/aromatic N) is 2. The molecule has 2 aromatic rings. The van der Waals surface area contributed by atoms with Crippen LogP contribution in [-0.2, 0) is 6.54 Å². The van der Waals surface area contributed by atoms with E-state index < -0.39 is 0 Å². The molecule has 0 heterocycles. The number of para-hydroxylation sites is 1. The second kappa shape index (κ2) is 12.5. The molecule has 0 atom stereocenters. The molecule has 170 valence electrons. The zero-order valence-electron chi connectivity index (χ0n) is 19.0. The van der Waals surface area contributed by atoms with Crippen molar-refractivity contribution in [2.75, 3.05) is 52.9 Å². The van der Waals surface area contributed by atoms with E-state index in [1.54, 1.807) is 33.5 Å². The van der Waals surface area contributed by atoms with Crippen LogP contribution in [0.3, 0.4) is 0 Å². The highest BCUT2D eigenvalue weighted by molar-refractivity contribution is 5.79. The number of benzene rings is 2. The summed E-state index contributed by atoms with van der Waals surface area (Å²) in [6, 6.07) is 10.6. The maximum absolute atomic E-state index is 13.9. The lowest BCUT2D eigenvalue weighted by Gasteiger charge is -2.20. The minimum atomic E-state index is -0.210. The number of hydrogen-bond acceptors (Lipinski definition) is 5. The minimum absolute atomic E-state index is 0.210. The van der Waals surface area contributed by atoms with E-state index in [1.807, 2.05) is 37.1 Å². The van der Waals surface area contributed by atoms with E-state index >= 15 is 0 Å². The normalized spacial score (nSPS) is 11.1. The van der Waals surface area contributed by atoms with Gasteiger partial charge in [-0.15, -0.1) is 0 Å². The molecule has 0 aliphatic rings. The molecule has 2 N–H and O–H groups in total. The van der Waals surface area contributed by atoms with Gasteiger partial charge in [-0.3, -0.25) is 0 Å². The lowest BCUT2D eigenvalue weighted by Crippen LogP contribution is -2.38. The third-order valence-electron chi connectivity index (χ3n) is 4.71. The van der Waals surface area contributed by atoms with Crippen molar-refractivity contribution in [1.82, 2.24) is 10.6 Å². The maximum atomic E-state index is 13.9. The fourth-order valence-electron chi connectivity index (χ4n) is 3.14. The van der Waals surface area contributed by atoms with Crippen LogP contribution in [0.15, 0.2) is 41.4 Å². The predicted molar refractivity (Wildman–Crippen MR) is 123 cm³/mol. The molecule has 2 aromatic carbocycles. The fraction of sp³-hybridized carbons (Fsp3) is 0.435. The average molecular weight is 433 g/mol. The molecule has 0 fully saturated rings. The highest BCUT2D eigenvalue weighted by atomic mass is 19.1. The van der Waals surface area contributed by atoms with Crippen LogP contribution in [0.1, 0.15) is 18.9 Å². The summed E-state index contributed by atoms with van der Waals surface area (Å²) in [5.74, 6) is 2.26. The lowest BCUT2D eigenvalue weighted by molar-refractivity contribution is 0.324. The Kier molecular flexibility index (Phi) is 9.74. The number of halogens is 1. The zero-order chi connectivity index (χ0) is 22.6. The fourth-order valence-corrected chi connectivity index (χ4v) is 3.14. The minimum Gasteiger partial charge on any atom is -0.493 e. The van der Waals surface area contributed by atoms with Gasteiger partial charge in [0, 0.05) is 26.7 Å². The second-order valence-electron chi connectivity index (χ2n) is 6.88. The van der Waals surface area contributed by atoms with Gasteiger partial charge < -0.3 is 29.7 Å². The van der Waals surface area contributed by atoms with Crippen molar-refractivity contribution in [2.24, 2.45) is 4.99 Å². The molecule has 2 rings (SSSR count). The summed E-state index contributed by atoms with van der Waals surface area (Å²) in [4.78, 5) is 6.56. The summed E-state index contributed by atoms with van der Waals surface area (Å²) in [6.07, 6.45) is 0.833. The van der Waals surface area contributed by atoms with E-state index in [0.717, 1.165) is 25.1 Å². The van der Waals surface area contributed by atoms with E-state index in [2.05, 4.69) is 15.6 Å². The van der Waals surface area contributed by atoms with Crippen LogP contribution in [0.25, 0.3) is 0 Å². The Hall–Kier alpha value is -3.16. The second-order valence-corrected chi connectivity index (χ2v) is 6.88. The Labute approximate surface area is 184 Å². The first-order valence-electron chi connectivity index (χ1n) is 10.3. The van der Waals surface area contributed by atoms with E-state index in [-0.39, 0.29) is 5.82 Å². The molecule has 0 unspecified atom stereocenters. The highest BCUT2D eigenvalue weighted by Crippen LogP contribution is 2.38. The molecular weight excluding hydrogens is 399 g/mol. The molecule has 0 aromatic heterocycles. The Morgan fingerprint density at radius 3 is 2.29 bits per heavy atom. The van der Waals surface area contributed by atoms with Gasteiger partial charge in [-0.2, -0.15) is 0 Å². The summed E-state index contributed by atoms with van der Waals surface area (Å²) in [7, 11) is 6.65. The number of methoxy groups -OCH3 is 3. The van der Waals surface area contributed by atoms with Crippen molar-refractivity contribution in [3.63, 3.8) is 0 Å². The van der Waals surface area contributed by atoms with Crippen LogP contribution in [0.2, 0.25) is 0 Å². The Morgan fingerprint density at radius 1 is 1.03 bits per heavy atom. The molecule has 0 bridgehead atoms. The molecule has 31 heavy (non-hydrogen) atoms. The van der Waals surface area contributed by atoms with Gasteiger partial charge in [-0.05, 0) is 43.2 Å². The van der Waals surface area contributed by atoms with Crippen molar-refractivity contribution >= 4 is 11.6 Å². The Balaban J connectivity index is 1.95. The molecule has 0 saturated carbocycles. The monoisotopic (exact) mass is 432 g/mol. The van der Waals surface area contributed by atoms with Gasteiger partial charge in [0.15, 0.2) is 17.5 Å². The van der Waals surface area contributed by atoms with Gasteiger partial charge in [0.05, 0.1) is 33.6 Å². The molecule has 8 heteroatoms. The smallest absolute Gasteiger partial charge is 0.203 e. The van der Waals surface area contributed by atoms with Crippen LogP contribution in [-0.4, -0.2) is 54.0 Å².